The summed E-state index contributed by atoms with van der Waals surface area (Å²) in [6, 6.07) is 7.22. The Morgan fingerprint density at radius 1 is 1.22 bits per heavy atom. The minimum Gasteiger partial charge on any atom is -0.383 e. The first-order valence-electron chi connectivity index (χ1n) is 6.49. The fourth-order valence-electron chi connectivity index (χ4n) is 2.03. The van der Waals surface area contributed by atoms with Crippen LogP contribution in [-0.2, 0) is 10.5 Å². The zero-order valence-corrected chi connectivity index (χ0v) is 12.8. The van der Waals surface area contributed by atoms with Gasteiger partial charge >= 0.3 is 0 Å². The van der Waals surface area contributed by atoms with Gasteiger partial charge < -0.3 is 10.1 Å². The number of thioether (sulfide) groups is 1. The van der Waals surface area contributed by atoms with Crippen molar-refractivity contribution in [2.45, 2.75) is 32.6 Å². The second-order valence-electron chi connectivity index (χ2n) is 4.86. The van der Waals surface area contributed by atoms with E-state index in [-0.39, 0.29) is 0 Å². The molecule has 1 aromatic rings. The zero-order valence-electron chi connectivity index (χ0n) is 12.0. The summed E-state index contributed by atoms with van der Waals surface area (Å²) in [6.45, 7) is 8.30. The molecule has 0 heterocycles. The van der Waals surface area contributed by atoms with Gasteiger partial charge in [-0.1, -0.05) is 29.3 Å². The van der Waals surface area contributed by atoms with Gasteiger partial charge in [0.15, 0.2) is 0 Å². The zero-order chi connectivity index (χ0) is 13.4. The number of benzene rings is 1. The third kappa shape index (κ3) is 6.43. The lowest BCUT2D eigenvalue weighted by Crippen LogP contribution is -2.31. The number of hydrogen-bond acceptors (Lipinski definition) is 3. The number of ether oxygens (including phenoxy) is 1. The Morgan fingerprint density at radius 3 is 2.50 bits per heavy atom. The Kier molecular flexibility index (Phi) is 7.40. The third-order valence-electron chi connectivity index (χ3n) is 2.71. The van der Waals surface area contributed by atoms with Crippen LogP contribution in [0, 0.1) is 13.8 Å². The van der Waals surface area contributed by atoms with E-state index >= 15 is 0 Å². The van der Waals surface area contributed by atoms with Crippen molar-refractivity contribution in [1.29, 1.82) is 0 Å². The molecule has 3 heteroatoms. The molecule has 0 amide bonds. The van der Waals surface area contributed by atoms with E-state index in [1.165, 1.54) is 16.7 Å². The van der Waals surface area contributed by atoms with Crippen molar-refractivity contribution in [3.05, 3.63) is 34.9 Å². The Balaban J connectivity index is 2.17. The van der Waals surface area contributed by atoms with E-state index in [0.717, 1.165) is 24.7 Å². The Morgan fingerprint density at radius 2 is 1.89 bits per heavy atom. The van der Waals surface area contributed by atoms with E-state index in [0.29, 0.717) is 6.04 Å². The molecule has 102 valence electrons. The summed E-state index contributed by atoms with van der Waals surface area (Å²) in [7, 11) is 1.74. The lowest BCUT2D eigenvalue weighted by Gasteiger charge is -2.12. The molecule has 18 heavy (non-hydrogen) atoms. The summed E-state index contributed by atoms with van der Waals surface area (Å²) in [5.74, 6) is 2.24. The second kappa shape index (κ2) is 8.57. The first-order chi connectivity index (χ1) is 8.61. The molecular weight excluding hydrogens is 242 g/mol. The topological polar surface area (TPSA) is 21.3 Å². The second-order valence-corrected chi connectivity index (χ2v) is 5.96. The third-order valence-corrected chi connectivity index (χ3v) is 3.74. The van der Waals surface area contributed by atoms with Gasteiger partial charge in [0.05, 0.1) is 6.61 Å². The Hall–Kier alpha value is -0.510. The van der Waals surface area contributed by atoms with E-state index in [2.05, 4.69) is 44.3 Å². The highest BCUT2D eigenvalue weighted by Gasteiger charge is 2.00. The standard InChI is InChI=1S/C15H25NOS/c1-12-7-13(2)9-15(8-12)11-18-6-5-16-14(3)10-17-4/h7-9,14,16H,5-6,10-11H2,1-4H3. The highest BCUT2D eigenvalue weighted by Crippen LogP contribution is 2.15. The molecule has 0 radical (unpaired) electrons. The number of hydrogen-bond donors (Lipinski definition) is 1. The number of aryl methyl sites for hydroxylation is 2. The predicted octanol–water partition coefficient (Wildman–Crippen LogP) is 3.16. The molecule has 0 spiro atoms. The highest BCUT2D eigenvalue weighted by atomic mass is 32.2. The average molecular weight is 267 g/mol. The Labute approximate surface area is 116 Å². The van der Waals surface area contributed by atoms with Gasteiger partial charge in [0.2, 0.25) is 0 Å². The maximum Gasteiger partial charge on any atom is 0.0613 e. The molecule has 0 aliphatic heterocycles. The quantitative estimate of drug-likeness (QED) is 0.731. The number of nitrogens with one attached hydrogen (secondary N) is 1. The predicted molar refractivity (Wildman–Crippen MR) is 81.4 cm³/mol. The van der Waals surface area contributed by atoms with Crippen LogP contribution in [0.3, 0.4) is 0 Å². The van der Waals surface area contributed by atoms with E-state index in [4.69, 9.17) is 4.74 Å². The van der Waals surface area contributed by atoms with Gasteiger partial charge in [-0.15, -0.1) is 0 Å². The molecule has 1 rings (SSSR count). The molecule has 1 aromatic carbocycles. The van der Waals surface area contributed by atoms with Crippen LogP contribution in [0.15, 0.2) is 18.2 Å². The largest absolute Gasteiger partial charge is 0.383 e. The van der Waals surface area contributed by atoms with Crippen LogP contribution < -0.4 is 5.32 Å². The van der Waals surface area contributed by atoms with Gasteiger partial charge in [-0.05, 0) is 26.3 Å². The van der Waals surface area contributed by atoms with Crippen LogP contribution in [-0.4, -0.2) is 32.1 Å². The molecule has 0 bridgehead atoms. The smallest absolute Gasteiger partial charge is 0.0613 e. The van der Waals surface area contributed by atoms with Crippen molar-refractivity contribution in [1.82, 2.24) is 5.32 Å². The fourth-order valence-corrected chi connectivity index (χ4v) is 2.84. The minimum absolute atomic E-state index is 0.441. The summed E-state index contributed by atoms with van der Waals surface area (Å²) in [5, 5.41) is 3.45. The summed E-state index contributed by atoms with van der Waals surface area (Å²) < 4.78 is 5.09. The fraction of sp³-hybridized carbons (Fsp3) is 0.600. The molecule has 2 nitrogen and oxygen atoms in total. The van der Waals surface area contributed by atoms with E-state index in [1.807, 2.05) is 11.8 Å². The first-order valence-corrected chi connectivity index (χ1v) is 7.64. The van der Waals surface area contributed by atoms with Gasteiger partial charge in [-0.25, -0.2) is 0 Å². The van der Waals surface area contributed by atoms with Crippen LogP contribution in [0.25, 0.3) is 0 Å². The molecular formula is C15H25NOS. The van der Waals surface area contributed by atoms with Crippen LogP contribution >= 0.6 is 11.8 Å². The monoisotopic (exact) mass is 267 g/mol. The maximum absolute atomic E-state index is 5.09. The molecule has 1 unspecified atom stereocenters. The van der Waals surface area contributed by atoms with Crippen LogP contribution in [0.2, 0.25) is 0 Å². The van der Waals surface area contributed by atoms with Crippen LogP contribution in [0.5, 0.6) is 0 Å². The lowest BCUT2D eigenvalue weighted by molar-refractivity contribution is 0.173. The summed E-state index contributed by atoms with van der Waals surface area (Å²) >= 11 is 1.98. The van der Waals surface area contributed by atoms with Crippen molar-refractivity contribution >= 4 is 11.8 Å². The molecule has 0 saturated heterocycles. The van der Waals surface area contributed by atoms with Gasteiger partial charge in [0, 0.05) is 31.2 Å². The number of rotatable bonds is 8. The van der Waals surface area contributed by atoms with Crippen molar-refractivity contribution in [3.63, 3.8) is 0 Å². The normalized spacial score (nSPS) is 12.7. The molecule has 0 saturated carbocycles. The summed E-state index contributed by atoms with van der Waals surface area (Å²) in [6.07, 6.45) is 0. The molecule has 0 aromatic heterocycles. The summed E-state index contributed by atoms with van der Waals surface area (Å²) in [4.78, 5) is 0. The van der Waals surface area contributed by atoms with E-state index in [1.54, 1.807) is 7.11 Å². The molecule has 0 aliphatic rings. The molecule has 1 atom stereocenters. The van der Waals surface area contributed by atoms with Gasteiger partial charge in [-0.2, -0.15) is 11.8 Å². The van der Waals surface area contributed by atoms with Crippen molar-refractivity contribution in [2.75, 3.05) is 26.0 Å². The van der Waals surface area contributed by atoms with Gasteiger partial charge in [0.1, 0.15) is 0 Å². The van der Waals surface area contributed by atoms with Crippen LogP contribution in [0.1, 0.15) is 23.6 Å². The maximum atomic E-state index is 5.09. The van der Waals surface area contributed by atoms with Crippen molar-refractivity contribution in [3.8, 4) is 0 Å². The average Bonchev–Trinajstić information content (AvgIpc) is 2.27. The highest BCUT2D eigenvalue weighted by molar-refractivity contribution is 7.98. The Bertz CT molecular complexity index is 334. The van der Waals surface area contributed by atoms with Gasteiger partial charge in [0.25, 0.3) is 0 Å². The van der Waals surface area contributed by atoms with Crippen molar-refractivity contribution in [2.24, 2.45) is 0 Å². The van der Waals surface area contributed by atoms with Crippen molar-refractivity contribution < 1.29 is 4.74 Å². The number of methoxy groups -OCH3 is 1. The van der Waals surface area contributed by atoms with E-state index in [9.17, 15) is 0 Å². The first kappa shape index (κ1) is 15.5. The van der Waals surface area contributed by atoms with E-state index < -0.39 is 0 Å². The van der Waals surface area contributed by atoms with Gasteiger partial charge in [-0.3, -0.25) is 0 Å². The van der Waals surface area contributed by atoms with Crippen LogP contribution in [0.4, 0.5) is 0 Å². The lowest BCUT2D eigenvalue weighted by atomic mass is 10.1. The molecule has 0 aliphatic carbocycles. The molecule has 0 fully saturated rings. The summed E-state index contributed by atoms with van der Waals surface area (Å²) in [5.41, 5.74) is 4.15. The minimum atomic E-state index is 0.441. The SMILES string of the molecule is COCC(C)NCCSCc1cc(C)cc(C)c1. The molecule has 1 N–H and O–H groups in total.